The molecule has 0 aliphatic rings. The first-order valence-electron chi connectivity index (χ1n) is 8.23. The molecule has 2 N–H and O–H groups in total. The molecule has 7 heteroatoms. The van der Waals surface area contributed by atoms with Crippen molar-refractivity contribution >= 4 is 29.2 Å². The number of nitrogens with two attached hydrogens (primary N) is 1. The van der Waals surface area contributed by atoms with Crippen LogP contribution in [0.2, 0.25) is 5.02 Å². The van der Waals surface area contributed by atoms with Crippen molar-refractivity contribution in [1.29, 1.82) is 0 Å². The van der Waals surface area contributed by atoms with Crippen LogP contribution in [0.1, 0.15) is 38.1 Å². The first-order chi connectivity index (χ1) is 11.6. The van der Waals surface area contributed by atoms with Gasteiger partial charge in [-0.1, -0.05) is 39.3 Å². The Morgan fingerprint density at radius 1 is 1.16 bits per heavy atom. The number of nitrogen functional groups attached to an aromatic ring is 1. The molecule has 0 bridgehead atoms. The third-order valence-corrected chi connectivity index (χ3v) is 3.72. The zero-order valence-electron chi connectivity index (χ0n) is 15.5. The van der Waals surface area contributed by atoms with Gasteiger partial charge in [0, 0.05) is 19.2 Å². The van der Waals surface area contributed by atoms with Gasteiger partial charge in [-0.3, -0.25) is 4.79 Å². The summed E-state index contributed by atoms with van der Waals surface area (Å²) in [7, 11) is 1.41. The van der Waals surface area contributed by atoms with E-state index >= 15 is 0 Å². The summed E-state index contributed by atoms with van der Waals surface area (Å²) in [5.41, 5.74) is 6.13. The van der Waals surface area contributed by atoms with E-state index in [9.17, 15) is 9.59 Å². The molecule has 0 aromatic heterocycles. The first-order valence-corrected chi connectivity index (χ1v) is 8.61. The topological polar surface area (TPSA) is 81.9 Å². The first kappa shape index (κ1) is 21.1. The summed E-state index contributed by atoms with van der Waals surface area (Å²) >= 11 is 5.95. The molecule has 0 atom stereocenters. The third kappa shape index (κ3) is 6.46. The van der Waals surface area contributed by atoms with Crippen LogP contribution in [0.25, 0.3) is 0 Å². The van der Waals surface area contributed by atoms with Gasteiger partial charge in [-0.05, 0) is 17.9 Å². The minimum atomic E-state index is -0.679. The molecule has 25 heavy (non-hydrogen) atoms. The van der Waals surface area contributed by atoms with Crippen molar-refractivity contribution in [1.82, 2.24) is 4.90 Å². The summed E-state index contributed by atoms with van der Waals surface area (Å²) in [5.74, 6) is 0.00164. The molecule has 1 amide bonds. The fraction of sp³-hybridized carbons (Fsp3) is 0.556. The molecule has 1 rings (SSSR count). The normalized spacial score (nSPS) is 10.9. The number of amides is 1. The summed E-state index contributed by atoms with van der Waals surface area (Å²) in [6.07, 6.45) is 0. The van der Waals surface area contributed by atoms with Crippen LogP contribution in [0, 0.1) is 11.8 Å². The summed E-state index contributed by atoms with van der Waals surface area (Å²) in [5, 5.41) is 0.223. The van der Waals surface area contributed by atoms with E-state index in [0.29, 0.717) is 30.6 Å². The van der Waals surface area contributed by atoms with E-state index in [0.717, 1.165) is 0 Å². The molecule has 0 saturated heterocycles. The fourth-order valence-corrected chi connectivity index (χ4v) is 2.52. The molecule has 6 nitrogen and oxygen atoms in total. The van der Waals surface area contributed by atoms with E-state index in [1.807, 2.05) is 27.7 Å². The Balaban J connectivity index is 2.80. The number of halogens is 1. The van der Waals surface area contributed by atoms with Crippen molar-refractivity contribution in [2.24, 2.45) is 11.8 Å². The fourth-order valence-electron chi connectivity index (χ4n) is 2.35. The molecule has 0 heterocycles. The van der Waals surface area contributed by atoms with Crippen LogP contribution in [0.15, 0.2) is 12.1 Å². The molecule has 1 aromatic rings. The average molecular weight is 371 g/mol. The molecule has 1 aromatic carbocycles. The van der Waals surface area contributed by atoms with Gasteiger partial charge < -0.3 is 20.1 Å². The molecule has 140 valence electrons. The maximum atomic E-state index is 12.4. The summed E-state index contributed by atoms with van der Waals surface area (Å²) in [6.45, 7) is 9.05. The lowest BCUT2D eigenvalue weighted by Gasteiger charge is -2.26. The Hall–Kier alpha value is -1.95. The van der Waals surface area contributed by atoms with Gasteiger partial charge in [-0.15, -0.1) is 0 Å². The van der Waals surface area contributed by atoms with E-state index in [-0.39, 0.29) is 28.8 Å². The number of anilines is 1. The van der Waals surface area contributed by atoms with Crippen LogP contribution in [-0.2, 0) is 9.53 Å². The molecule has 0 radical (unpaired) electrons. The van der Waals surface area contributed by atoms with Crippen LogP contribution in [0.5, 0.6) is 5.75 Å². The standard InChI is InChI=1S/C18H27ClN2O4/c1-11(2)8-21(9-12(3)4)17(22)10-25-18(23)13-6-14(19)15(20)7-16(13)24-5/h6-7,11-12H,8-10,20H2,1-5H3. The molecule has 0 saturated carbocycles. The number of carbonyl (C=O) groups is 2. The Kier molecular flexibility index (Phi) is 8.03. The predicted molar refractivity (Wildman–Crippen MR) is 99.0 cm³/mol. The Morgan fingerprint density at radius 2 is 1.72 bits per heavy atom. The van der Waals surface area contributed by atoms with E-state index in [1.165, 1.54) is 19.2 Å². The molecule has 0 spiro atoms. The van der Waals surface area contributed by atoms with Crippen molar-refractivity contribution in [2.45, 2.75) is 27.7 Å². The van der Waals surface area contributed by atoms with Crippen molar-refractivity contribution in [3.8, 4) is 5.75 Å². The van der Waals surface area contributed by atoms with Gasteiger partial charge in [-0.2, -0.15) is 0 Å². The average Bonchev–Trinajstić information content (AvgIpc) is 2.52. The quantitative estimate of drug-likeness (QED) is 0.561. The molecule has 0 unspecified atom stereocenters. The lowest BCUT2D eigenvalue weighted by atomic mass is 10.1. The Labute approximate surface area is 154 Å². The van der Waals surface area contributed by atoms with E-state index < -0.39 is 5.97 Å². The van der Waals surface area contributed by atoms with Crippen molar-refractivity contribution in [3.05, 3.63) is 22.7 Å². The van der Waals surface area contributed by atoms with Crippen LogP contribution < -0.4 is 10.5 Å². The molecule has 0 fully saturated rings. The van der Waals surface area contributed by atoms with Crippen LogP contribution in [0.3, 0.4) is 0 Å². The number of benzene rings is 1. The van der Waals surface area contributed by atoms with Gasteiger partial charge in [0.25, 0.3) is 5.91 Å². The van der Waals surface area contributed by atoms with Crippen LogP contribution >= 0.6 is 11.6 Å². The van der Waals surface area contributed by atoms with Crippen molar-refractivity contribution in [2.75, 3.05) is 32.5 Å². The molecule has 0 aliphatic heterocycles. The lowest BCUT2D eigenvalue weighted by Crippen LogP contribution is -2.39. The SMILES string of the molecule is COc1cc(N)c(Cl)cc1C(=O)OCC(=O)N(CC(C)C)CC(C)C. The third-order valence-electron chi connectivity index (χ3n) is 3.39. The maximum Gasteiger partial charge on any atom is 0.342 e. The van der Waals surface area contributed by atoms with E-state index in [2.05, 4.69) is 0 Å². The zero-order chi connectivity index (χ0) is 19.1. The molecular weight excluding hydrogens is 344 g/mol. The summed E-state index contributed by atoms with van der Waals surface area (Å²) in [4.78, 5) is 26.4. The largest absolute Gasteiger partial charge is 0.496 e. The number of hydrogen-bond acceptors (Lipinski definition) is 5. The van der Waals surface area contributed by atoms with Crippen LogP contribution in [-0.4, -0.2) is 43.6 Å². The molecule has 0 aliphatic carbocycles. The van der Waals surface area contributed by atoms with Gasteiger partial charge in [0.1, 0.15) is 11.3 Å². The number of methoxy groups -OCH3 is 1. The predicted octanol–water partition coefficient (Wildman–Crippen LogP) is 3.23. The van der Waals surface area contributed by atoms with Crippen LogP contribution in [0.4, 0.5) is 5.69 Å². The Morgan fingerprint density at radius 3 is 2.20 bits per heavy atom. The van der Waals surface area contributed by atoms with Crippen molar-refractivity contribution < 1.29 is 19.1 Å². The van der Waals surface area contributed by atoms with E-state index in [4.69, 9.17) is 26.8 Å². The number of rotatable bonds is 8. The minimum absolute atomic E-state index is 0.133. The number of esters is 1. The van der Waals surface area contributed by atoms with Gasteiger partial charge >= 0.3 is 5.97 Å². The number of carbonyl (C=O) groups excluding carboxylic acids is 2. The highest BCUT2D eigenvalue weighted by Gasteiger charge is 2.21. The number of ether oxygens (including phenoxy) is 2. The minimum Gasteiger partial charge on any atom is -0.496 e. The number of hydrogen-bond donors (Lipinski definition) is 1. The van der Waals surface area contributed by atoms with Crippen molar-refractivity contribution in [3.63, 3.8) is 0 Å². The Bertz CT molecular complexity index is 607. The summed E-state index contributed by atoms with van der Waals surface area (Å²) < 4.78 is 10.3. The highest BCUT2D eigenvalue weighted by molar-refractivity contribution is 6.33. The van der Waals surface area contributed by atoms with Gasteiger partial charge in [0.15, 0.2) is 6.61 Å². The smallest absolute Gasteiger partial charge is 0.342 e. The zero-order valence-corrected chi connectivity index (χ0v) is 16.2. The highest BCUT2D eigenvalue weighted by atomic mass is 35.5. The monoisotopic (exact) mass is 370 g/mol. The van der Waals surface area contributed by atoms with E-state index in [1.54, 1.807) is 4.90 Å². The number of nitrogens with zero attached hydrogens (tertiary/aromatic N) is 1. The molecular formula is C18H27ClN2O4. The second-order valence-electron chi connectivity index (χ2n) is 6.74. The second-order valence-corrected chi connectivity index (χ2v) is 7.14. The van der Waals surface area contributed by atoms with Gasteiger partial charge in [0.2, 0.25) is 0 Å². The second kappa shape index (κ2) is 9.51. The highest BCUT2D eigenvalue weighted by Crippen LogP contribution is 2.29. The lowest BCUT2D eigenvalue weighted by molar-refractivity contribution is -0.135. The maximum absolute atomic E-state index is 12.4. The van der Waals surface area contributed by atoms with Gasteiger partial charge in [-0.25, -0.2) is 4.79 Å². The van der Waals surface area contributed by atoms with Gasteiger partial charge in [0.05, 0.1) is 17.8 Å². The summed E-state index contributed by atoms with van der Waals surface area (Å²) in [6, 6.07) is 2.83.